The van der Waals surface area contributed by atoms with Gasteiger partial charge in [-0.3, -0.25) is 4.79 Å². The van der Waals surface area contributed by atoms with Crippen LogP contribution >= 0.6 is 11.3 Å². The van der Waals surface area contributed by atoms with Gasteiger partial charge >= 0.3 is 5.97 Å². The Balaban J connectivity index is 3.05. The number of carboxylic acids is 1. The molecule has 1 atom stereocenters. The molecule has 0 saturated heterocycles. The van der Waals surface area contributed by atoms with E-state index in [1.54, 1.807) is 18.4 Å². The van der Waals surface area contributed by atoms with Crippen LogP contribution in [0.5, 0.6) is 0 Å². The van der Waals surface area contributed by atoms with E-state index >= 15 is 0 Å². The average Bonchev–Trinajstić information content (AvgIpc) is 2.71. The summed E-state index contributed by atoms with van der Waals surface area (Å²) in [4.78, 5) is 10.9. The summed E-state index contributed by atoms with van der Waals surface area (Å²) in [5.41, 5.74) is 0. The lowest BCUT2D eigenvalue weighted by Gasteiger charge is -2.22. The second kappa shape index (κ2) is 4.94. The number of sulfonamides is 1. The predicted molar refractivity (Wildman–Crippen MR) is 61.0 cm³/mol. The van der Waals surface area contributed by atoms with Crippen molar-refractivity contribution < 1.29 is 18.3 Å². The van der Waals surface area contributed by atoms with E-state index in [0.717, 1.165) is 15.6 Å². The standard InChI is InChI=1S/C9H13NO4S2/c1-3-7(9(11)12)10(2)16(13,14)8-5-4-6-15-8/h4-7H,3H2,1-2H3,(H,11,12). The fraction of sp³-hybridized carbons (Fsp3) is 0.444. The first-order valence-electron chi connectivity index (χ1n) is 4.65. The molecule has 1 heterocycles. The van der Waals surface area contributed by atoms with E-state index in [2.05, 4.69) is 0 Å². The molecule has 1 N–H and O–H groups in total. The number of likely N-dealkylation sites (N-methyl/N-ethyl adjacent to an activating group) is 1. The molecule has 0 bridgehead atoms. The van der Waals surface area contributed by atoms with Crippen molar-refractivity contribution >= 4 is 27.3 Å². The SMILES string of the molecule is CCC(C(=O)O)N(C)S(=O)(=O)c1cccs1. The number of thiophene rings is 1. The third kappa shape index (κ3) is 2.42. The number of carbonyl (C=O) groups is 1. The molecule has 90 valence electrons. The van der Waals surface area contributed by atoms with Crippen LogP contribution in [-0.4, -0.2) is 36.9 Å². The average molecular weight is 263 g/mol. The monoisotopic (exact) mass is 263 g/mol. The van der Waals surface area contributed by atoms with Crippen LogP contribution in [0.2, 0.25) is 0 Å². The maximum atomic E-state index is 12.0. The molecule has 1 aromatic rings. The van der Waals surface area contributed by atoms with Gasteiger partial charge in [-0.25, -0.2) is 8.42 Å². The Morgan fingerprint density at radius 1 is 1.62 bits per heavy atom. The fourth-order valence-corrected chi connectivity index (χ4v) is 3.87. The Labute approximate surface area is 98.4 Å². The number of hydrogen-bond acceptors (Lipinski definition) is 4. The molecule has 0 fully saturated rings. The highest BCUT2D eigenvalue weighted by Gasteiger charge is 2.31. The number of carboxylic acid groups (broad SMARTS) is 1. The molecule has 1 rings (SSSR count). The summed E-state index contributed by atoms with van der Waals surface area (Å²) in [5, 5.41) is 10.5. The van der Waals surface area contributed by atoms with E-state index in [-0.39, 0.29) is 10.6 Å². The summed E-state index contributed by atoms with van der Waals surface area (Å²) in [6.07, 6.45) is 0.233. The second-order valence-corrected chi connectivity index (χ2v) is 6.39. The smallest absolute Gasteiger partial charge is 0.321 e. The summed E-state index contributed by atoms with van der Waals surface area (Å²) in [6.45, 7) is 1.64. The van der Waals surface area contributed by atoms with Gasteiger partial charge in [0.05, 0.1) is 0 Å². The first kappa shape index (κ1) is 13.1. The molecule has 0 aliphatic carbocycles. The molecule has 0 saturated carbocycles. The highest BCUT2D eigenvalue weighted by Crippen LogP contribution is 2.22. The van der Waals surface area contributed by atoms with E-state index in [1.807, 2.05) is 0 Å². The van der Waals surface area contributed by atoms with Crippen molar-refractivity contribution in [2.24, 2.45) is 0 Å². The van der Waals surface area contributed by atoms with E-state index in [0.29, 0.717) is 0 Å². The Morgan fingerprint density at radius 2 is 2.25 bits per heavy atom. The van der Waals surface area contributed by atoms with Crippen LogP contribution in [0.4, 0.5) is 0 Å². The third-order valence-electron chi connectivity index (χ3n) is 2.24. The highest BCUT2D eigenvalue weighted by atomic mass is 32.2. The molecule has 0 spiro atoms. The minimum absolute atomic E-state index is 0.162. The third-order valence-corrected chi connectivity index (χ3v) is 5.48. The maximum absolute atomic E-state index is 12.0. The number of nitrogens with zero attached hydrogens (tertiary/aromatic N) is 1. The van der Waals surface area contributed by atoms with Crippen LogP contribution in [0, 0.1) is 0 Å². The first-order chi connectivity index (χ1) is 7.41. The summed E-state index contributed by atoms with van der Waals surface area (Å²) < 4.78 is 25.0. The largest absolute Gasteiger partial charge is 0.480 e. The zero-order valence-electron chi connectivity index (χ0n) is 8.95. The number of hydrogen-bond donors (Lipinski definition) is 1. The van der Waals surface area contributed by atoms with Gasteiger partial charge in [-0.15, -0.1) is 11.3 Å². The van der Waals surface area contributed by atoms with Crippen LogP contribution in [0.15, 0.2) is 21.7 Å². The van der Waals surface area contributed by atoms with Crippen molar-refractivity contribution in [1.82, 2.24) is 4.31 Å². The summed E-state index contributed by atoms with van der Waals surface area (Å²) >= 11 is 1.08. The van der Waals surface area contributed by atoms with Gasteiger partial charge in [0.2, 0.25) is 0 Å². The normalized spacial score (nSPS) is 13.9. The van der Waals surface area contributed by atoms with Crippen LogP contribution in [0.25, 0.3) is 0 Å². The molecular formula is C9H13NO4S2. The molecular weight excluding hydrogens is 250 g/mol. The molecule has 0 radical (unpaired) electrons. The summed E-state index contributed by atoms with van der Waals surface area (Å²) in [7, 11) is -2.39. The molecule has 5 nitrogen and oxygen atoms in total. The topological polar surface area (TPSA) is 74.7 Å². The van der Waals surface area contributed by atoms with Crippen LogP contribution in [0.1, 0.15) is 13.3 Å². The van der Waals surface area contributed by atoms with Crippen molar-refractivity contribution in [2.75, 3.05) is 7.05 Å². The zero-order valence-corrected chi connectivity index (χ0v) is 10.6. The van der Waals surface area contributed by atoms with Crippen molar-refractivity contribution in [3.63, 3.8) is 0 Å². The van der Waals surface area contributed by atoms with Gasteiger partial charge in [0.15, 0.2) is 0 Å². The molecule has 1 aromatic heterocycles. The van der Waals surface area contributed by atoms with Gasteiger partial charge in [-0.2, -0.15) is 4.31 Å². The first-order valence-corrected chi connectivity index (χ1v) is 6.97. The molecule has 0 aromatic carbocycles. The minimum Gasteiger partial charge on any atom is -0.480 e. The molecule has 0 amide bonds. The lowest BCUT2D eigenvalue weighted by molar-refractivity contribution is -0.141. The van der Waals surface area contributed by atoms with Crippen LogP contribution in [-0.2, 0) is 14.8 Å². The van der Waals surface area contributed by atoms with E-state index in [9.17, 15) is 13.2 Å². The van der Waals surface area contributed by atoms with Crippen LogP contribution in [0.3, 0.4) is 0 Å². The second-order valence-electron chi connectivity index (χ2n) is 3.22. The Morgan fingerprint density at radius 3 is 2.62 bits per heavy atom. The predicted octanol–water partition coefficient (Wildman–Crippen LogP) is 1.23. The molecule has 7 heteroatoms. The van der Waals surface area contributed by atoms with Gasteiger partial charge in [0.1, 0.15) is 10.3 Å². The fourth-order valence-electron chi connectivity index (χ4n) is 1.31. The van der Waals surface area contributed by atoms with E-state index in [4.69, 9.17) is 5.11 Å². The zero-order chi connectivity index (χ0) is 12.3. The molecule has 16 heavy (non-hydrogen) atoms. The lowest BCUT2D eigenvalue weighted by atomic mass is 10.2. The van der Waals surface area contributed by atoms with Gasteiger partial charge in [-0.05, 0) is 17.9 Å². The number of aliphatic carboxylic acids is 1. The van der Waals surface area contributed by atoms with Gasteiger partial charge in [0, 0.05) is 7.05 Å². The lowest BCUT2D eigenvalue weighted by Crippen LogP contribution is -2.41. The van der Waals surface area contributed by atoms with Crippen molar-refractivity contribution in [2.45, 2.75) is 23.6 Å². The molecule has 1 unspecified atom stereocenters. The van der Waals surface area contributed by atoms with Crippen molar-refractivity contribution in [3.05, 3.63) is 17.5 Å². The van der Waals surface area contributed by atoms with Gasteiger partial charge in [-0.1, -0.05) is 13.0 Å². The minimum atomic E-state index is -3.68. The Kier molecular flexibility index (Phi) is 4.06. The Hall–Kier alpha value is -0.920. The molecule has 0 aliphatic rings. The van der Waals surface area contributed by atoms with E-state index in [1.165, 1.54) is 13.1 Å². The summed E-state index contributed by atoms with van der Waals surface area (Å²) in [5.74, 6) is -1.13. The maximum Gasteiger partial charge on any atom is 0.321 e. The van der Waals surface area contributed by atoms with E-state index < -0.39 is 22.0 Å². The Bertz CT molecular complexity index is 452. The quantitative estimate of drug-likeness (QED) is 0.867. The van der Waals surface area contributed by atoms with Gasteiger partial charge < -0.3 is 5.11 Å². The molecule has 0 aliphatic heterocycles. The van der Waals surface area contributed by atoms with Crippen LogP contribution < -0.4 is 0 Å². The van der Waals surface area contributed by atoms with Crippen molar-refractivity contribution in [3.8, 4) is 0 Å². The highest BCUT2D eigenvalue weighted by molar-refractivity contribution is 7.91. The number of rotatable bonds is 5. The van der Waals surface area contributed by atoms with Gasteiger partial charge in [0.25, 0.3) is 10.0 Å². The van der Waals surface area contributed by atoms with Crippen molar-refractivity contribution in [1.29, 1.82) is 0 Å². The summed E-state index contributed by atoms with van der Waals surface area (Å²) in [6, 6.07) is 2.06.